The summed E-state index contributed by atoms with van der Waals surface area (Å²) in [7, 11) is -1.82. The van der Waals surface area contributed by atoms with E-state index in [-0.39, 0.29) is 24.7 Å². The molecule has 1 aromatic carbocycles. The van der Waals surface area contributed by atoms with Gasteiger partial charge in [-0.15, -0.1) is 12.4 Å². The molecule has 0 amide bonds. The topological polar surface area (TPSA) is 81.4 Å². The minimum atomic E-state index is -3.34. The number of anilines is 1. The van der Waals surface area contributed by atoms with Gasteiger partial charge in [-0.1, -0.05) is 6.07 Å². The van der Waals surface area contributed by atoms with Gasteiger partial charge in [-0.2, -0.15) is 0 Å². The predicted octanol–water partition coefficient (Wildman–Crippen LogP) is 0.817. The van der Waals surface area contributed by atoms with E-state index in [1.54, 1.807) is 24.3 Å². The van der Waals surface area contributed by atoms with Crippen molar-refractivity contribution in [1.82, 2.24) is 0 Å². The summed E-state index contributed by atoms with van der Waals surface area (Å²) < 4.78 is 30.1. The summed E-state index contributed by atoms with van der Waals surface area (Å²) in [5.41, 5.74) is 5.66. The van der Waals surface area contributed by atoms with Crippen LogP contribution in [0.3, 0.4) is 0 Å². The molecule has 0 spiro atoms. The first kappa shape index (κ1) is 15.0. The van der Waals surface area contributed by atoms with E-state index in [2.05, 4.69) is 4.72 Å². The van der Waals surface area contributed by atoms with Crippen LogP contribution in [0.15, 0.2) is 24.3 Å². The minimum Gasteiger partial charge on any atom is -0.497 e. The number of hydrogen-bond donors (Lipinski definition) is 2. The van der Waals surface area contributed by atoms with Gasteiger partial charge in [0.25, 0.3) is 0 Å². The third kappa shape index (κ3) is 4.69. The molecule has 92 valence electrons. The van der Waals surface area contributed by atoms with E-state index in [1.165, 1.54) is 7.11 Å². The molecule has 0 bridgehead atoms. The summed E-state index contributed by atoms with van der Waals surface area (Å²) in [6, 6.07) is 6.70. The molecule has 1 rings (SSSR count). The maximum atomic E-state index is 11.4. The lowest BCUT2D eigenvalue weighted by atomic mass is 10.3. The van der Waals surface area contributed by atoms with Gasteiger partial charge in [-0.25, -0.2) is 8.42 Å². The number of sulfonamides is 1. The fraction of sp³-hybridized carbons (Fsp3) is 0.333. The Hall–Kier alpha value is -0.980. The van der Waals surface area contributed by atoms with E-state index in [0.29, 0.717) is 11.4 Å². The highest BCUT2D eigenvalue weighted by Gasteiger charge is 2.08. The lowest BCUT2D eigenvalue weighted by Crippen LogP contribution is -2.22. The first-order valence-electron chi connectivity index (χ1n) is 4.42. The average Bonchev–Trinajstić information content (AvgIpc) is 2.17. The Labute approximate surface area is 101 Å². The Bertz CT molecular complexity index is 423. The van der Waals surface area contributed by atoms with Crippen molar-refractivity contribution in [3.63, 3.8) is 0 Å². The summed E-state index contributed by atoms with van der Waals surface area (Å²) in [6.45, 7) is 0.0965. The third-order valence-electron chi connectivity index (χ3n) is 1.73. The molecule has 0 aliphatic heterocycles. The number of rotatable bonds is 5. The van der Waals surface area contributed by atoms with Gasteiger partial charge in [-0.3, -0.25) is 4.72 Å². The summed E-state index contributed by atoms with van der Waals surface area (Å²) in [5, 5.41) is 0. The van der Waals surface area contributed by atoms with Crippen molar-refractivity contribution < 1.29 is 13.2 Å². The van der Waals surface area contributed by atoms with E-state index >= 15 is 0 Å². The van der Waals surface area contributed by atoms with E-state index in [4.69, 9.17) is 10.5 Å². The number of ether oxygens (including phenoxy) is 1. The molecule has 0 aromatic heterocycles. The van der Waals surface area contributed by atoms with Gasteiger partial charge in [-0.05, 0) is 12.1 Å². The van der Waals surface area contributed by atoms with Crippen molar-refractivity contribution in [2.75, 3.05) is 24.1 Å². The second-order valence-corrected chi connectivity index (χ2v) is 4.78. The number of methoxy groups -OCH3 is 1. The Kier molecular flexibility index (Phi) is 6.17. The van der Waals surface area contributed by atoms with E-state index in [9.17, 15) is 8.42 Å². The Morgan fingerprint density at radius 1 is 1.44 bits per heavy atom. The van der Waals surface area contributed by atoms with Gasteiger partial charge >= 0.3 is 0 Å². The highest BCUT2D eigenvalue weighted by Crippen LogP contribution is 2.17. The van der Waals surface area contributed by atoms with Crippen molar-refractivity contribution in [2.24, 2.45) is 5.73 Å². The van der Waals surface area contributed by atoms with E-state index in [1.807, 2.05) is 0 Å². The number of hydrogen-bond acceptors (Lipinski definition) is 4. The molecule has 3 N–H and O–H groups in total. The van der Waals surface area contributed by atoms with Crippen LogP contribution < -0.4 is 15.2 Å². The zero-order chi connectivity index (χ0) is 11.3. The van der Waals surface area contributed by atoms with Crippen LogP contribution in [0.1, 0.15) is 0 Å². The standard InChI is InChI=1S/C9H14N2O3S.ClH/c1-14-9-4-2-3-8(7-9)11-15(12,13)6-5-10;/h2-4,7,11H,5-6,10H2,1H3;1H. The molecule has 7 heteroatoms. The summed E-state index contributed by atoms with van der Waals surface area (Å²) in [6.07, 6.45) is 0. The first-order valence-corrected chi connectivity index (χ1v) is 6.07. The fourth-order valence-corrected chi connectivity index (χ4v) is 1.97. The van der Waals surface area contributed by atoms with E-state index in [0.717, 1.165) is 0 Å². The highest BCUT2D eigenvalue weighted by atomic mass is 35.5. The summed E-state index contributed by atoms with van der Waals surface area (Å²) in [5.74, 6) is 0.507. The quantitative estimate of drug-likeness (QED) is 0.827. The van der Waals surface area contributed by atoms with Crippen LogP contribution in [0, 0.1) is 0 Å². The van der Waals surface area contributed by atoms with Crippen LogP contribution in [-0.4, -0.2) is 27.8 Å². The van der Waals surface area contributed by atoms with Crippen LogP contribution in [0.5, 0.6) is 5.75 Å². The van der Waals surface area contributed by atoms with Crippen LogP contribution >= 0.6 is 12.4 Å². The fourth-order valence-electron chi connectivity index (χ4n) is 1.07. The molecule has 0 aliphatic rings. The van der Waals surface area contributed by atoms with Crippen molar-refractivity contribution in [3.8, 4) is 5.75 Å². The van der Waals surface area contributed by atoms with Gasteiger partial charge in [0.2, 0.25) is 10.0 Å². The summed E-state index contributed by atoms with van der Waals surface area (Å²) >= 11 is 0. The molecule has 0 unspecified atom stereocenters. The Morgan fingerprint density at radius 2 is 2.12 bits per heavy atom. The van der Waals surface area contributed by atoms with Crippen molar-refractivity contribution in [3.05, 3.63) is 24.3 Å². The van der Waals surface area contributed by atoms with Gasteiger partial charge in [0, 0.05) is 12.6 Å². The van der Waals surface area contributed by atoms with Gasteiger partial charge < -0.3 is 10.5 Å². The molecule has 0 fully saturated rings. The van der Waals surface area contributed by atoms with Gasteiger partial charge in [0.15, 0.2) is 0 Å². The van der Waals surface area contributed by atoms with Crippen molar-refractivity contribution in [2.45, 2.75) is 0 Å². The van der Waals surface area contributed by atoms with Gasteiger partial charge in [0.05, 0.1) is 18.6 Å². The third-order valence-corrected chi connectivity index (χ3v) is 3.05. The molecule has 0 atom stereocenters. The van der Waals surface area contributed by atoms with E-state index < -0.39 is 10.0 Å². The van der Waals surface area contributed by atoms with Crippen LogP contribution in [-0.2, 0) is 10.0 Å². The zero-order valence-electron chi connectivity index (χ0n) is 8.84. The second kappa shape index (κ2) is 6.57. The monoisotopic (exact) mass is 266 g/mol. The Morgan fingerprint density at radius 3 is 2.69 bits per heavy atom. The van der Waals surface area contributed by atoms with Crippen molar-refractivity contribution >= 4 is 28.1 Å². The number of nitrogens with two attached hydrogens (primary N) is 1. The minimum absolute atomic E-state index is 0. The molecular weight excluding hydrogens is 252 g/mol. The van der Waals surface area contributed by atoms with Gasteiger partial charge in [0.1, 0.15) is 5.75 Å². The van der Waals surface area contributed by atoms with Crippen LogP contribution in [0.2, 0.25) is 0 Å². The predicted molar refractivity (Wildman–Crippen MR) is 66.7 cm³/mol. The maximum absolute atomic E-state index is 11.4. The molecule has 0 saturated carbocycles. The molecular formula is C9H15ClN2O3S. The molecule has 0 radical (unpaired) electrons. The van der Waals surface area contributed by atoms with Crippen LogP contribution in [0.25, 0.3) is 0 Å². The largest absolute Gasteiger partial charge is 0.497 e. The van der Waals surface area contributed by atoms with Crippen molar-refractivity contribution in [1.29, 1.82) is 0 Å². The maximum Gasteiger partial charge on any atom is 0.233 e. The molecule has 0 heterocycles. The first-order chi connectivity index (χ1) is 7.07. The molecule has 0 aliphatic carbocycles. The average molecular weight is 267 g/mol. The van der Waals surface area contributed by atoms with Crippen LogP contribution in [0.4, 0.5) is 5.69 Å². The molecule has 16 heavy (non-hydrogen) atoms. The number of halogens is 1. The Balaban J connectivity index is 0.00000225. The second-order valence-electron chi connectivity index (χ2n) is 2.94. The smallest absolute Gasteiger partial charge is 0.233 e. The molecule has 1 aromatic rings. The SMILES string of the molecule is COc1cccc(NS(=O)(=O)CCN)c1.Cl. The summed E-state index contributed by atoms with van der Waals surface area (Å²) in [4.78, 5) is 0. The molecule has 5 nitrogen and oxygen atoms in total. The highest BCUT2D eigenvalue weighted by molar-refractivity contribution is 7.92. The zero-order valence-corrected chi connectivity index (χ0v) is 10.5. The lowest BCUT2D eigenvalue weighted by molar-refractivity contribution is 0.415. The molecule has 0 saturated heterocycles. The normalized spacial score (nSPS) is 10.4. The lowest BCUT2D eigenvalue weighted by Gasteiger charge is -2.07. The number of nitrogens with one attached hydrogen (secondary N) is 1. The number of benzene rings is 1.